The zero-order chi connectivity index (χ0) is 48.9. The second kappa shape index (κ2) is 19.7. The van der Waals surface area contributed by atoms with Crippen LogP contribution < -0.4 is 0 Å². The molecule has 23 unspecified atom stereocenters. The molecule has 388 valence electrons. The number of rotatable bonds is 9. The monoisotopic (exact) mass is 972 g/mol. The summed E-state index contributed by atoms with van der Waals surface area (Å²) in [7, 11) is 0. The Hall–Kier alpha value is -1.51. The van der Waals surface area contributed by atoms with Gasteiger partial charge in [0.05, 0.1) is 36.6 Å². The summed E-state index contributed by atoms with van der Waals surface area (Å²) in [5.74, 6) is 1.14. The van der Waals surface area contributed by atoms with Crippen molar-refractivity contribution in [3.63, 3.8) is 0 Å². The number of carbonyl (C=O) groups excluding carboxylic acids is 1. The number of cyclic esters (lactones) is 1. The topological polar surface area (TPSA) is 302 Å². The maximum atomic E-state index is 12.1. The molecule has 20 nitrogen and oxygen atoms in total. The van der Waals surface area contributed by atoms with E-state index in [0.29, 0.717) is 30.8 Å². The number of hydrogen-bond donors (Lipinski definition) is 10. The van der Waals surface area contributed by atoms with Crippen LogP contribution in [0.5, 0.6) is 0 Å². The van der Waals surface area contributed by atoms with Gasteiger partial charge in [-0.3, -0.25) is 0 Å². The zero-order valence-corrected chi connectivity index (χ0v) is 39.8. The lowest BCUT2D eigenvalue weighted by Crippen LogP contribution is -2.66. The normalized spacial score (nSPS) is 56.4. The number of ether oxygens (including phenoxy) is 9. The van der Waals surface area contributed by atoms with Crippen molar-refractivity contribution in [1.82, 2.24) is 0 Å². The van der Waals surface area contributed by atoms with Crippen LogP contribution in [0.3, 0.4) is 0 Å². The summed E-state index contributed by atoms with van der Waals surface area (Å²) in [6.07, 6.45) is -19.9. The van der Waals surface area contributed by atoms with Crippen LogP contribution in [0.4, 0.5) is 0 Å². The van der Waals surface area contributed by atoms with E-state index >= 15 is 0 Å². The lowest BCUT2D eigenvalue weighted by atomic mass is 9.49. The highest BCUT2D eigenvalue weighted by atomic mass is 16.8. The minimum atomic E-state index is -1.81. The van der Waals surface area contributed by atoms with Crippen LogP contribution in [-0.2, 0) is 47.4 Å². The minimum Gasteiger partial charge on any atom is -0.458 e. The van der Waals surface area contributed by atoms with Gasteiger partial charge in [0, 0.05) is 11.5 Å². The van der Waals surface area contributed by atoms with Crippen molar-refractivity contribution in [1.29, 1.82) is 0 Å². The number of hydrogen-bond acceptors (Lipinski definition) is 20. The van der Waals surface area contributed by atoms with E-state index in [4.69, 9.17) is 42.6 Å². The van der Waals surface area contributed by atoms with Gasteiger partial charge in [0.25, 0.3) is 0 Å². The van der Waals surface area contributed by atoms with Gasteiger partial charge >= 0.3 is 5.97 Å². The van der Waals surface area contributed by atoms with Crippen molar-refractivity contribution in [2.75, 3.05) is 6.61 Å². The molecule has 8 fully saturated rings. The Morgan fingerprint density at radius 1 is 0.515 bits per heavy atom. The zero-order valence-electron chi connectivity index (χ0n) is 39.8. The third kappa shape index (κ3) is 9.05. The minimum absolute atomic E-state index is 0.0105. The summed E-state index contributed by atoms with van der Waals surface area (Å²) in [5.41, 5.74) is 0.682. The molecule has 2 bridgehead atoms. The standard InChI is InChI=1S/C48H76O20/c1-18-30(50)34(54)35(55)43(61-18)66-40-32(52)20(3)63-45(37(40)57)68-41-33(53)21(4)64-46(38(41)58)67-39-31(51)19(2)62-44(36(39)56)65-24-11-13-47(5)23(16-24)7-8-25-26-9-10-27(22-15-29(49)60-17-22)48(6,42(26)59)14-12-28(25)47/h15,18-21,23-28,30-46,50-59H,7-14,16-17H2,1-6H3/t18?,19?,20?,21?,23?,24?,25-,26?,27?,28?,30?,31?,32?,33?,34?,35?,36?,37?,38?,39?,40?,41?,42-,43+,44-,45-,46-,47?,48?/m0/s1. The summed E-state index contributed by atoms with van der Waals surface area (Å²) in [6.45, 7) is 10.9. The first-order chi connectivity index (χ1) is 32.1. The molecule has 29 atom stereocenters. The van der Waals surface area contributed by atoms with Gasteiger partial charge in [0.1, 0.15) is 79.9 Å². The highest BCUT2D eigenvalue weighted by molar-refractivity contribution is 5.85. The molecule has 0 aromatic heterocycles. The van der Waals surface area contributed by atoms with Crippen LogP contribution in [0.15, 0.2) is 11.6 Å². The number of aliphatic hydroxyl groups excluding tert-OH is 10. The average Bonchev–Trinajstić information content (AvgIpc) is 3.72. The van der Waals surface area contributed by atoms with Crippen LogP contribution in [0.1, 0.15) is 99.3 Å². The van der Waals surface area contributed by atoms with E-state index < -0.39 is 129 Å². The SMILES string of the molecule is CC1O[C@H](OC2C(O)C(C)O[C@@H](OC3C(O)C(C)O[C@@H](OC4C(O)C(C)O[C@@H](OC5CCC6(C)C(CC[C@H]7C8CCC(C9=CC(=O)OC9)C(C)(CCC76)[C@H]8O)C5)C4O)C3O)C2O)C(O)C(O)C1O. The van der Waals surface area contributed by atoms with Crippen molar-refractivity contribution in [3.8, 4) is 0 Å². The van der Waals surface area contributed by atoms with Crippen molar-refractivity contribution in [2.45, 2.75) is 234 Å². The Bertz CT molecular complexity index is 1810. The second-order valence-electron chi connectivity index (χ2n) is 22.2. The first-order valence-corrected chi connectivity index (χ1v) is 25.0. The summed E-state index contributed by atoms with van der Waals surface area (Å²) in [6, 6.07) is 0. The fourth-order valence-electron chi connectivity index (χ4n) is 14.1. The molecule has 0 spiro atoms. The van der Waals surface area contributed by atoms with Gasteiger partial charge in [-0.15, -0.1) is 0 Å². The van der Waals surface area contributed by atoms with E-state index in [0.717, 1.165) is 56.9 Å². The van der Waals surface area contributed by atoms with Gasteiger partial charge in [-0.1, -0.05) is 13.8 Å². The molecule has 0 amide bonds. The summed E-state index contributed by atoms with van der Waals surface area (Å²) in [4.78, 5) is 12.1. The number of fused-ring (bicyclic) bond motifs is 6. The molecule has 5 aliphatic heterocycles. The van der Waals surface area contributed by atoms with Crippen molar-refractivity contribution < 1.29 is 98.5 Å². The summed E-state index contributed by atoms with van der Waals surface area (Å²) >= 11 is 0. The largest absolute Gasteiger partial charge is 0.458 e. The Morgan fingerprint density at radius 3 is 1.50 bits per heavy atom. The van der Waals surface area contributed by atoms with E-state index in [1.807, 2.05) is 0 Å². The fourth-order valence-corrected chi connectivity index (χ4v) is 14.1. The third-order valence-corrected chi connectivity index (χ3v) is 18.4. The Kier molecular flexibility index (Phi) is 14.9. The molecule has 4 saturated carbocycles. The van der Waals surface area contributed by atoms with Gasteiger partial charge in [0.2, 0.25) is 0 Å². The van der Waals surface area contributed by atoms with E-state index in [9.17, 15) is 55.9 Å². The van der Waals surface area contributed by atoms with Crippen LogP contribution in [0.2, 0.25) is 0 Å². The quantitative estimate of drug-likeness (QED) is 0.101. The van der Waals surface area contributed by atoms with Crippen LogP contribution >= 0.6 is 0 Å². The molecule has 4 saturated heterocycles. The van der Waals surface area contributed by atoms with Gasteiger partial charge in [0.15, 0.2) is 25.2 Å². The van der Waals surface area contributed by atoms with Crippen molar-refractivity contribution >= 4 is 5.97 Å². The Morgan fingerprint density at radius 2 is 0.985 bits per heavy atom. The smallest absolute Gasteiger partial charge is 0.331 e. The lowest BCUT2D eigenvalue weighted by Gasteiger charge is -2.57. The molecule has 5 heterocycles. The fraction of sp³-hybridized carbons (Fsp3) is 0.938. The molecule has 9 aliphatic rings. The molecule has 0 aromatic carbocycles. The molecule has 9 rings (SSSR count). The van der Waals surface area contributed by atoms with E-state index in [2.05, 4.69) is 13.8 Å². The third-order valence-electron chi connectivity index (χ3n) is 18.4. The number of esters is 1. The summed E-state index contributed by atoms with van der Waals surface area (Å²) in [5, 5.41) is 111. The van der Waals surface area contributed by atoms with E-state index in [1.165, 1.54) is 20.8 Å². The van der Waals surface area contributed by atoms with E-state index in [-0.39, 0.29) is 34.7 Å². The van der Waals surface area contributed by atoms with Gasteiger partial charge in [-0.2, -0.15) is 0 Å². The summed E-state index contributed by atoms with van der Waals surface area (Å²) < 4.78 is 53.0. The molecular weight excluding hydrogens is 897 g/mol. The van der Waals surface area contributed by atoms with Crippen molar-refractivity contribution in [3.05, 3.63) is 11.6 Å². The highest BCUT2D eigenvalue weighted by Crippen LogP contribution is 2.65. The molecule has 68 heavy (non-hydrogen) atoms. The van der Waals surface area contributed by atoms with Gasteiger partial charge < -0.3 is 93.7 Å². The van der Waals surface area contributed by atoms with Crippen molar-refractivity contribution in [2.24, 2.45) is 40.4 Å². The van der Waals surface area contributed by atoms with Gasteiger partial charge in [-0.05, 0) is 126 Å². The average molecular weight is 973 g/mol. The first-order valence-electron chi connectivity index (χ1n) is 25.0. The molecule has 0 aromatic rings. The van der Waals surface area contributed by atoms with Crippen LogP contribution in [0.25, 0.3) is 0 Å². The second-order valence-corrected chi connectivity index (χ2v) is 22.2. The maximum absolute atomic E-state index is 12.1. The molecule has 10 N–H and O–H groups in total. The van der Waals surface area contributed by atoms with E-state index in [1.54, 1.807) is 13.0 Å². The number of carbonyl (C=O) groups is 1. The Balaban J connectivity index is 0.835. The lowest BCUT2D eigenvalue weighted by molar-refractivity contribution is -0.386. The molecular formula is C48H76O20. The van der Waals surface area contributed by atoms with Crippen LogP contribution in [0, 0.1) is 40.4 Å². The molecule has 0 radical (unpaired) electrons. The predicted octanol–water partition coefficient (Wildman–Crippen LogP) is -0.742. The molecule has 4 aliphatic carbocycles. The molecule has 20 heteroatoms. The highest BCUT2D eigenvalue weighted by Gasteiger charge is 2.61. The maximum Gasteiger partial charge on any atom is 0.331 e. The first kappa shape index (κ1) is 51.4. The van der Waals surface area contributed by atoms with Crippen LogP contribution in [-0.4, -0.2) is 199 Å². The number of aliphatic hydroxyl groups is 10. The predicted molar refractivity (Wildman–Crippen MR) is 231 cm³/mol. The van der Waals surface area contributed by atoms with Gasteiger partial charge in [-0.25, -0.2) is 4.79 Å². The Labute approximate surface area is 396 Å².